The lowest BCUT2D eigenvalue weighted by Crippen LogP contribution is -2.34. The van der Waals surface area contributed by atoms with Crippen LogP contribution in [0.3, 0.4) is 0 Å². The van der Waals surface area contributed by atoms with Crippen molar-refractivity contribution < 1.29 is 9.90 Å². The average Bonchev–Trinajstić information content (AvgIpc) is 1.81. The van der Waals surface area contributed by atoms with E-state index in [1.807, 2.05) is 13.8 Å². The van der Waals surface area contributed by atoms with Gasteiger partial charge in [-0.2, -0.15) is 0 Å². The van der Waals surface area contributed by atoms with Crippen LogP contribution in [-0.4, -0.2) is 24.2 Å². The van der Waals surface area contributed by atoms with Crippen LogP contribution in [0, 0.1) is 5.92 Å². The van der Waals surface area contributed by atoms with E-state index in [1.165, 1.54) is 0 Å². The first-order valence-electron chi connectivity index (χ1n) is 3.48. The lowest BCUT2D eigenvalue weighted by molar-refractivity contribution is -0.139. The van der Waals surface area contributed by atoms with Crippen molar-refractivity contribution in [2.75, 3.05) is 7.05 Å². The molecule has 2 N–H and O–H groups in total. The minimum atomic E-state index is -0.767. The van der Waals surface area contributed by atoms with Crippen molar-refractivity contribution in [3.05, 3.63) is 0 Å². The Labute approximate surface area is 73.6 Å². The highest BCUT2D eigenvalue weighted by Crippen LogP contribution is 2.03. The lowest BCUT2D eigenvalue weighted by Gasteiger charge is -2.12. The van der Waals surface area contributed by atoms with Crippen LogP contribution in [0.4, 0.5) is 0 Å². The normalized spacial score (nSPS) is 12.4. The molecule has 0 aromatic carbocycles. The maximum atomic E-state index is 10.4. The number of hydrogen-bond donors (Lipinski definition) is 2. The SMILES string of the molecule is CN[C@@H](CC(C)C)C(=O)O.Cl. The number of nitrogens with one attached hydrogen (secondary N) is 1. The van der Waals surface area contributed by atoms with Gasteiger partial charge in [-0.1, -0.05) is 13.8 Å². The molecule has 3 nitrogen and oxygen atoms in total. The number of carboxylic acids is 1. The van der Waals surface area contributed by atoms with E-state index >= 15 is 0 Å². The van der Waals surface area contributed by atoms with Crippen molar-refractivity contribution in [3.63, 3.8) is 0 Å². The first kappa shape index (κ1) is 13.3. The molecular formula is C7H16ClNO2. The molecule has 0 amide bonds. The van der Waals surface area contributed by atoms with Gasteiger partial charge in [0, 0.05) is 0 Å². The fourth-order valence-corrected chi connectivity index (χ4v) is 0.814. The summed E-state index contributed by atoms with van der Waals surface area (Å²) in [5.74, 6) is -0.343. The van der Waals surface area contributed by atoms with Crippen molar-refractivity contribution in [3.8, 4) is 0 Å². The second-order valence-electron chi connectivity index (χ2n) is 2.81. The van der Waals surface area contributed by atoms with E-state index in [0.29, 0.717) is 12.3 Å². The molecule has 0 aromatic heterocycles. The third kappa shape index (κ3) is 6.13. The number of rotatable bonds is 4. The monoisotopic (exact) mass is 181 g/mol. The molecule has 4 heteroatoms. The minimum Gasteiger partial charge on any atom is -0.480 e. The van der Waals surface area contributed by atoms with E-state index in [2.05, 4.69) is 5.32 Å². The summed E-state index contributed by atoms with van der Waals surface area (Å²) < 4.78 is 0. The summed E-state index contributed by atoms with van der Waals surface area (Å²) in [7, 11) is 1.67. The van der Waals surface area contributed by atoms with Crippen molar-refractivity contribution in [2.45, 2.75) is 26.3 Å². The summed E-state index contributed by atoms with van der Waals surface area (Å²) in [6.07, 6.45) is 0.686. The van der Waals surface area contributed by atoms with Gasteiger partial charge in [0.1, 0.15) is 6.04 Å². The lowest BCUT2D eigenvalue weighted by atomic mass is 10.0. The van der Waals surface area contributed by atoms with E-state index in [0.717, 1.165) is 0 Å². The molecule has 0 aromatic rings. The molecule has 0 aliphatic heterocycles. The molecule has 0 saturated carbocycles. The van der Waals surface area contributed by atoms with Crippen LogP contribution < -0.4 is 5.32 Å². The van der Waals surface area contributed by atoms with Gasteiger partial charge in [-0.05, 0) is 19.4 Å². The fourth-order valence-electron chi connectivity index (χ4n) is 0.814. The molecule has 0 heterocycles. The number of carbonyl (C=O) groups is 1. The molecule has 68 valence electrons. The number of halogens is 1. The van der Waals surface area contributed by atoms with Crippen LogP contribution in [0.25, 0.3) is 0 Å². The maximum absolute atomic E-state index is 10.4. The summed E-state index contributed by atoms with van der Waals surface area (Å²) in [6.45, 7) is 4.01. The predicted octanol–water partition coefficient (Wildman–Crippen LogP) is 1.13. The standard InChI is InChI=1S/C7H15NO2.ClH/c1-5(2)4-6(8-3)7(9)10;/h5-6,8H,4H2,1-3H3,(H,9,10);1H/t6-;/m0./s1. The van der Waals surface area contributed by atoms with Gasteiger partial charge in [0.15, 0.2) is 0 Å². The van der Waals surface area contributed by atoms with Crippen molar-refractivity contribution in [2.24, 2.45) is 5.92 Å². The van der Waals surface area contributed by atoms with Crippen molar-refractivity contribution in [1.29, 1.82) is 0 Å². The molecule has 1 atom stereocenters. The Balaban J connectivity index is 0. The highest BCUT2D eigenvalue weighted by Gasteiger charge is 2.15. The number of carboxylic acid groups (broad SMARTS) is 1. The average molecular weight is 182 g/mol. The molecule has 0 fully saturated rings. The minimum absolute atomic E-state index is 0. The topological polar surface area (TPSA) is 49.3 Å². The summed E-state index contributed by atoms with van der Waals surface area (Å²) in [6, 6.07) is -0.389. The van der Waals surface area contributed by atoms with Gasteiger partial charge in [0.05, 0.1) is 0 Å². The maximum Gasteiger partial charge on any atom is 0.320 e. The van der Waals surface area contributed by atoms with Crippen molar-refractivity contribution in [1.82, 2.24) is 5.32 Å². The molecule has 0 unspecified atom stereocenters. The Hall–Kier alpha value is -0.280. The first-order valence-corrected chi connectivity index (χ1v) is 3.48. The highest BCUT2D eigenvalue weighted by molar-refractivity contribution is 5.85. The van der Waals surface area contributed by atoms with E-state index in [-0.39, 0.29) is 18.4 Å². The van der Waals surface area contributed by atoms with E-state index in [1.54, 1.807) is 7.05 Å². The van der Waals surface area contributed by atoms with Crippen LogP contribution in [0.2, 0.25) is 0 Å². The Morgan fingerprint density at radius 3 is 2.09 bits per heavy atom. The third-order valence-electron chi connectivity index (χ3n) is 1.35. The Morgan fingerprint density at radius 2 is 2.00 bits per heavy atom. The molecular weight excluding hydrogens is 166 g/mol. The van der Waals surface area contributed by atoms with Crippen LogP contribution in [0.1, 0.15) is 20.3 Å². The van der Waals surface area contributed by atoms with Crippen LogP contribution in [-0.2, 0) is 4.79 Å². The number of aliphatic carboxylic acids is 1. The molecule has 0 radical (unpaired) electrons. The third-order valence-corrected chi connectivity index (χ3v) is 1.35. The van der Waals surface area contributed by atoms with Gasteiger partial charge >= 0.3 is 5.97 Å². The molecule has 0 spiro atoms. The Morgan fingerprint density at radius 1 is 1.55 bits per heavy atom. The van der Waals surface area contributed by atoms with Gasteiger partial charge in [-0.15, -0.1) is 12.4 Å². The predicted molar refractivity (Wildman–Crippen MR) is 47.2 cm³/mol. The Kier molecular flexibility index (Phi) is 7.79. The van der Waals surface area contributed by atoms with Crippen LogP contribution in [0.5, 0.6) is 0 Å². The van der Waals surface area contributed by atoms with Gasteiger partial charge in [0.2, 0.25) is 0 Å². The summed E-state index contributed by atoms with van der Waals surface area (Å²) >= 11 is 0. The number of hydrogen-bond acceptors (Lipinski definition) is 2. The Bertz CT molecular complexity index is 117. The number of likely N-dealkylation sites (N-methyl/N-ethyl adjacent to an activating group) is 1. The van der Waals surface area contributed by atoms with E-state index in [4.69, 9.17) is 5.11 Å². The summed E-state index contributed by atoms with van der Waals surface area (Å²) in [5.41, 5.74) is 0. The summed E-state index contributed by atoms with van der Waals surface area (Å²) in [5, 5.41) is 11.3. The summed E-state index contributed by atoms with van der Waals surface area (Å²) in [4.78, 5) is 10.4. The molecule has 11 heavy (non-hydrogen) atoms. The fraction of sp³-hybridized carbons (Fsp3) is 0.857. The van der Waals surface area contributed by atoms with Gasteiger partial charge < -0.3 is 10.4 Å². The van der Waals surface area contributed by atoms with Crippen molar-refractivity contribution >= 4 is 18.4 Å². The molecule has 0 bridgehead atoms. The van der Waals surface area contributed by atoms with Gasteiger partial charge in [0.25, 0.3) is 0 Å². The zero-order valence-electron chi connectivity index (χ0n) is 7.13. The van der Waals surface area contributed by atoms with Gasteiger partial charge in [-0.3, -0.25) is 4.79 Å². The second-order valence-corrected chi connectivity index (χ2v) is 2.81. The largest absolute Gasteiger partial charge is 0.480 e. The second kappa shape index (κ2) is 6.43. The van der Waals surface area contributed by atoms with Crippen LogP contribution in [0.15, 0.2) is 0 Å². The van der Waals surface area contributed by atoms with Crippen LogP contribution >= 0.6 is 12.4 Å². The smallest absolute Gasteiger partial charge is 0.320 e. The zero-order valence-corrected chi connectivity index (χ0v) is 7.94. The first-order chi connectivity index (χ1) is 4.57. The highest BCUT2D eigenvalue weighted by atomic mass is 35.5. The van der Waals surface area contributed by atoms with E-state index in [9.17, 15) is 4.79 Å². The molecule has 0 aliphatic rings. The molecule has 0 aliphatic carbocycles. The van der Waals surface area contributed by atoms with E-state index < -0.39 is 5.97 Å². The molecule has 0 saturated heterocycles. The zero-order chi connectivity index (χ0) is 8.15. The van der Waals surface area contributed by atoms with Gasteiger partial charge in [-0.25, -0.2) is 0 Å². The molecule has 0 rings (SSSR count). The quantitative estimate of drug-likeness (QED) is 0.684.